The molecule has 32 heavy (non-hydrogen) atoms. The van der Waals surface area contributed by atoms with Gasteiger partial charge < -0.3 is 24.9 Å². The monoisotopic (exact) mass is 443 g/mol. The molecular formula is C25H41N5O2. The molecule has 2 atom stereocenters. The maximum Gasteiger partial charge on any atom is 0.320 e. The second-order valence-electron chi connectivity index (χ2n) is 9.58. The fourth-order valence-corrected chi connectivity index (χ4v) is 5.53. The van der Waals surface area contributed by atoms with Crippen LogP contribution < -0.4 is 5.32 Å². The number of fused-ring (bicyclic) bond motifs is 4. The van der Waals surface area contributed by atoms with Crippen molar-refractivity contribution in [3.63, 3.8) is 0 Å². The van der Waals surface area contributed by atoms with Gasteiger partial charge in [-0.25, -0.2) is 4.79 Å². The van der Waals surface area contributed by atoms with Gasteiger partial charge in [0.25, 0.3) is 0 Å². The van der Waals surface area contributed by atoms with Crippen LogP contribution in [0.3, 0.4) is 0 Å². The van der Waals surface area contributed by atoms with Crippen molar-refractivity contribution in [2.45, 2.75) is 57.0 Å². The average molecular weight is 444 g/mol. The van der Waals surface area contributed by atoms with Gasteiger partial charge in [-0.05, 0) is 64.5 Å². The Hall–Kier alpha value is -2.12. The van der Waals surface area contributed by atoms with Crippen LogP contribution in [0.2, 0.25) is 0 Å². The summed E-state index contributed by atoms with van der Waals surface area (Å²) in [7, 11) is 7.93. The van der Waals surface area contributed by atoms with Crippen molar-refractivity contribution in [1.29, 1.82) is 0 Å². The van der Waals surface area contributed by atoms with Crippen LogP contribution in [0, 0.1) is 0 Å². The molecule has 2 unspecified atom stereocenters. The van der Waals surface area contributed by atoms with Crippen molar-refractivity contribution < 1.29 is 9.59 Å². The van der Waals surface area contributed by atoms with E-state index in [0.29, 0.717) is 12.1 Å². The van der Waals surface area contributed by atoms with E-state index in [9.17, 15) is 9.59 Å². The number of piperazine rings is 1. The van der Waals surface area contributed by atoms with E-state index < -0.39 is 0 Å². The minimum Gasteiger partial charge on any atom is -0.331 e. The zero-order valence-corrected chi connectivity index (χ0v) is 20.7. The minimum absolute atomic E-state index is 0.186. The number of anilines is 1. The second-order valence-corrected chi connectivity index (χ2v) is 9.58. The number of nitrogens with zero attached hydrogens (tertiary/aromatic N) is 4. The second kappa shape index (κ2) is 10.2. The Morgan fingerprint density at radius 2 is 1.56 bits per heavy atom. The number of nitrogens with one attached hydrogen (secondary N) is 1. The number of likely N-dealkylation sites (tertiary alicyclic amines) is 2. The number of piperidine rings is 1. The number of carbonyl (C=O) groups is 2. The average Bonchev–Trinajstić information content (AvgIpc) is 3.22. The molecule has 2 bridgehead atoms. The molecule has 4 aliphatic rings. The normalized spacial score (nSPS) is 25.8. The topological polar surface area (TPSA) is 59.1 Å². The predicted octanol–water partition coefficient (Wildman–Crippen LogP) is 3.07. The van der Waals surface area contributed by atoms with Crippen LogP contribution in [0.15, 0.2) is 24.3 Å². The summed E-state index contributed by atoms with van der Waals surface area (Å²) in [6.07, 6.45) is 4.22. The summed E-state index contributed by atoms with van der Waals surface area (Å²) in [5.41, 5.74) is 1.97. The molecule has 178 valence electrons. The standard InChI is InChI=1S/C13H16N2O.C10H19N3O.C2H6/c1-15-8-6-13(7-9-15)10-4-2-3-5-11(10)14-12(13)16;1-11(2)10(14)13-8-4-5-9(13)7-12(3)6-8;1-2/h2-5H,6-9H2,1H3,(H,14,16);8-9H,4-7H2,1-3H3;1-2H3. The number of likely N-dealkylation sites (N-methyl/N-ethyl adjacent to an activating group) is 1. The van der Waals surface area contributed by atoms with Gasteiger partial charge in [-0.15, -0.1) is 0 Å². The third-order valence-corrected chi connectivity index (χ3v) is 7.23. The fraction of sp³-hybridized carbons (Fsp3) is 0.680. The third-order valence-electron chi connectivity index (χ3n) is 7.23. The zero-order valence-electron chi connectivity index (χ0n) is 20.7. The Labute approximate surface area is 193 Å². The fourth-order valence-electron chi connectivity index (χ4n) is 5.53. The van der Waals surface area contributed by atoms with Crippen molar-refractivity contribution in [2.75, 3.05) is 59.7 Å². The van der Waals surface area contributed by atoms with E-state index in [1.54, 1.807) is 4.90 Å². The van der Waals surface area contributed by atoms with Crippen LogP contribution in [-0.4, -0.2) is 98.0 Å². The lowest BCUT2D eigenvalue weighted by Gasteiger charge is -2.40. The smallest absolute Gasteiger partial charge is 0.320 e. The summed E-state index contributed by atoms with van der Waals surface area (Å²) in [6.45, 7) is 8.08. The highest BCUT2D eigenvalue weighted by Crippen LogP contribution is 2.44. The molecule has 3 saturated heterocycles. The summed E-state index contributed by atoms with van der Waals surface area (Å²) in [5.74, 6) is 0.196. The van der Waals surface area contributed by atoms with Crippen LogP contribution >= 0.6 is 0 Å². The van der Waals surface area contributed by atoms with Crippen LogP contribution in [0.25, 0.3) is 0 Å². The number of hydrogen-bond donors (Lipinski definition) is 1. The number of urea groups is 1. The number of benzene rings is 1. The highest BCUT2D eigenvalue weighted by molar-refractivity contribution is 6.06. The Balaban J connectivity index is 0.000000169. The molecule has 3 amide bonds. The molecule has 0 radical (unpaired) electrons. The van der Waals surface area contributed by atoms with Crippen LogP contribution in [0.4, 0.5) is 10.5 Å². The molecule has 0 aromatic heterocycles. The van der Waals surface area contributed by atoms with Crippen molar-refractivity contribution in [1.82, 2.24) is 19.6 Å². The summed E-state index contributed by atoms with van der Waals surface area (Å²) in [4.78, 5) is 32.5. The first kappa shape index (κ1) is 24.5. The van der Waals surface area contributed by atoms with Gasteiger partial charge in [0.15, 0.2) is 0 Å². The third kappa shape index (κ3) is 4.64. The molecule has 1 spiro atoms. The molecular weight excluding hydrogens is 402 g/mol. The minimum atomic E-state index is -0.247. The zero-order chi connectivity index (χ0) is 23.5. The summed E-state index contributed by atoms with van der Waals surface area (Å²) in [6, 6.07) is 9.19. The van der Waals surface area contributed by atoms with E-state index in [4.69, 9.17) is 0 Å². The lowest BCUT2D eigenvalue weighted by molar-refractivity contribution is -0.122. The quantitative estimate of drug-likeness (QED) is 0.670. The SMILES string of the molecule is CC.CN1CC2CCC(C1)N2C(=O)N(C)C.CN1CCC2(CC1)C(=O)Nc1ccccc12. The molecule has 4 heterocycles. The lowest BCUT2D eigenvalue weighted by Crippen LogP contribution is -2.56. The van der Waals surface area contributed by atoms with Crippen molar-refractivity contribution >= 4 is 17.6 Å². The number of amides is 3. The maximum atomic E-state index is 12.2. The van der Waals surface area contributed by atoms with E-state index in [0.717, 1.165) is 44.7 Å². The molecule has 1 aromatic rings. The van der Waals surface area contributed by atoms with Gasteiger partial charge >= 0.3 is 6.03 Å². The van der Waals surface area contributed by atoms with Gasteiger partial charge in [0.05, 0.1) is 5.41 Å². The number of rotatable bonds is 0. The van der Waals surface area contributed by atoms with Crippen LogP contribution in [-0.2, 0) is 10.2 Å². The first-order valence-electron chi connectivity index (χ1n) is 12.1. The Morgan fingerprint density at radius 1 is 1.00 bits per heavy atom. The highest BCUT2D eigenvalue weighted by atomic mass is 16.2. The van der Waals surface area contributed by atoms with Gasteiger partial charge in [-0.1, -0.05) is 32.0 Å². The molecule has 4 aliphatic heterocycles. The first-order chi connectivity index (χ1) is 15.3. The molecule has 0 saturated carbocycles. The lowest BCUT2D eigenvalue weighted by atomic mass is 9.74. The van der Waals surface area contributed by atoms with Crippen LogP contribution in [0.1, 0.15) is 45.1 Å². The van der Waals surface area contributed by atoms with Crippen molar-refractivity contribution in [3.05, 3.63) is 29.8 Å². The Morgan fingerprint density at radius 3 is 2.12 bits per heavy atom. The predicted molar refractivity (Wildman–Crippen MR) is 130 cm³/mol. The van der Waals surface area contributed by atoms with Gasteiger partial charge in [-0.2, -0.15) is 0 Å². The van der Waals surface area contributed by atoms with E-state index in [2.05, 4.69) is 40.2 Å². The molecule has 5 rings (SSSR count). The molecule has 7 heteroatoms. The largest absolute Gasteiger partial charge is 0.331 e. The molecule has 7 nitrogen and oxygen atoms in total. The van der Waals surface area contributed by atoms with Gasteiger partial charge in [0, 0.05) is 45.0 Å². The molecule has 3 fully saturated rings. The van der Waals surface area contributed by atoms with E-state index in [1.807, 2.05) is 46.1 Å². The number of carbonyl (C=O) groups excluding carboxylic acids is 2. The molecule has 0 aliphatic carbocycles. The van der Waals surface area contributed by atoms with E-state index in [1.165, 1.54) is 18.4 Å². The van der Waals surface area contributed by atoms with Crippen molar-refractivity contribution in [3.8, 4) is 0 Å². The van der Waals surface area contributed by atoms with E-state index >= 15 is 0 Å². The summed E-state index contributed by atoms with van der Waals surface area (Å²) < 4.78 is 0. The van der Waals surface area contributed by atoms with Gasteiger partial charge in [0.1, 0.15) is 0 Å². The van der Waals surface area contributed by atoms with Crippen molar-refractivity contribution in [2.24, 2.45) is 0 Å². The first-order valence-corrected chi connectivity index (χ1v) is 12.1. The molecule has 1 N–H and O–H groups in total. The maximum absolute atomic E-state index is 12.2. The molecule has 1 aromatic carbocycles. The van der Waals surface area contributed by atoms with Crippen LogP contribution in [0.5, 0.6) is 0 Å². The Kier molecular flexibility index (Phi) is 7.83. The summed E-state index contributed by atoms with van der Waals surface area (Å²) in [5, 5.41) is 3.02. The van der Waals surface area contributed by atoms with Gasteiger partial charge in [0.2, 0.25) is 5.91 Å². The highest BCUT2D eigenvalue weighted by Gasteiger charge is 2.47. The van der Waals surface area contributed by atoms with Gasteiger partial charge in [-0.3, -0.25) is 4.79 Å². The number of para-hydroxylation sites is 1. The van der Waals surface area contributed by atoms with E-state index in [-0.39, 0.29) is 17.4 Å². The Bertz CT molecular complexity index is 789. The summed E-state index contributed by atoms with van der Waals surface area (Å²) >= 11 is 0. The number of hydrogen-bond acceptors (Lipinski definition) is 4.